The molecular weight excluding hydrogens is 360 g/mol. The van der Waals surface area contributed by atoms with Gasteiger partial charge in [-0.1, -0.05) is 50.1 Å². The van der Waals surface area contributed by atoms with Gasteiger partial charge in [-0.05, 0) is 42.7 Å². The number of benzene rings is 1. The first-order chi connectivity index (χ1) is 14.0. The lowest BCUT2D eigenvalue weighted by molar-refractivity contribution is -0.145. The zero-order chi connectivity index (χ0) is 20.0. The maximum atomic E-state index is 12.8. The lowest BCUT2D eigenvalue weighted by Crippen LogP contribution is -2.49. The molecule has 0 amide bonds. The lowest BCUT2D eigenvalue weighted by Gasteiger charge is -2.46. The Kier molecular flexibility index (Phi) is 4.93. The van der Waals surface area contributed by atoms with Crippen molar-refractivity contribution < 1.29 is 9.53 Å². The van der Waals surface area contributed by atoms with Crippen molar-refractivity contribution in [3.05, 3.63) is 42.0 Å². The summed E-state index contributed by atoms with van der Waals surface area (Å²) in [4.78, 5) is 17.7. The molecule has 0 aromatic heterocycles. The highest BCUT2D eigenvalue weighted by Crippen LogP contribution is 2.54. The van der Waals surface area contributed by atoms with Gasteiger partial charge in [-0.2, -0.15) is 0 Å². The molecule has 2 heterocycles. The molecule has 1 aromatic rings. The van der Waals surface area contributed by atoms with Crippen LogP contribution in [0.3, 0.4) is 0 Å². The summed E-state index contributed by atoms with van der Waals surface area (Å²) in [5.41, 5.74) is 3.16. The summed E-state index contributed by atoms with van der Waals surface area (Å²) in [5.74, 6) is 0.977. The first kappa shape index (κ1) is 19.2. The maximum absolute atomic E-state index is 12.8. The molecule has 0 spiro atoms. The first-order valence-electron chi connectivity index (χ1n) is 11.5. The number of rotatable bonds is 3. The van der Waals surface area contributed by atoms with Crippen molar-refractivity contribution in [1.82, 2.24) is 4.90 Å². The number of hydrogen-bond acceptors (Lipinski definition) is 4. The quantitative estimate of drug-likeness (QED) is 0.570. The van der Waals surface area contributed by atoms with Gasteiger partial charge in [0.1, 0.15) is 6.10 Å². The van der Waals surface area contributed by atoms with Crippen LogP contribution in [0, 0.1) is 23.2 Å². The van der Waals surface area contributed by atoms with Gasteiger partial charge in [0, 0.05) is 44.3 Å². The summed E-state index contributed by atoms with van der Waals surface area (Å²) < 4.78 is 5.94. The van der Waals surface area contributed by atoms with E-state index in [0.29, 0.717) is 5.92 Å². The van der Waals surface area contributed by atoms with Gasteiger partial charge in [0.2, 0.25) is 0 Å². The van der Waals surface area contributed by atoms with Crippen LogP contribution in [0.5, 0.6) is 0 Å². The third kappa shape index (κ3) is 3.50. The van der Waals surface area contributed by atoms with Gasteiger partial charge in [0.05, 0.1) is 5.92 Å². The molecule has 5 rings (SSSR count). The summed E-state index contributed by atoms with van der Waals surface area (Å²) in [6.45, 7) is 9.69. The molecule has 4 aliphatic rings. The van der Waals surface area contributed by atoms with Crippen molar-refractivity contribution in [2.24, 2.45) is 23.2 Å². The van der Waals surface area contributed by atoms with E-state index >= 15 is 0 Å². The second kappa shape index (κ2) is 7.46. The number of esters is 1. The fourth-order valence-electron chi connectivity index (χ4n) is 6.36. The van der Waals surface area contributed by atoms with Crippen LogP contribution in [0.15, 0.2) is 42.0 Å². The SMILES string of the molecule is C[C@H]1CCC[C@]2(C)C[C@H]3OC(=O)[C@H](CN4CCN(c5ccccc5)CC4)[C@H]3C=C12. The third-order valence-corrected chi connectivity index (χ3v) is 8.03. The number of piperazine rings is 1. The van der Waals surface area contributed by atoms with Gasteiger partial charge >= 0.3 is 5.97 Å². The van der Waals surface area contributed by atoms with Crippen molar-refractivity contribution in [3.63, 3.8) is 0 Å². The molecule has 5 atom stereocenters. The number of allylic oxidation sites excluding steroid dienone is 1. The van der Waals surface area contributed by atoms with Gasteiger partial charge in [-0.25, -0.2) is 0 Å². The molecule has 0 radical (unpaired) electrons. The Hall–Kier alpha value is -1.81. The minimum atomic E-state index is 0.00875. The zero-order valence-corrected chi connectivity index (χ0v) is 17.8. The number of hydrogen-bond donors (Lipinski definition) is 0. The topological polar surface area (TPSA) is 32.8 Å². The molecule has 0 bridgehead atoms. The third-order valence-electron chi connectivity index (χ3n) is 8.03. The molecule has 29 heavy (non-hydrogen) atoms. The van der Waals surface area contributed by atoms with E-state index in [1.54, 1.807) is 5.57 Å². The minimum absolute atomic E-state index is 0.00875. The van der Waals surface area contributed by atoms with E-state index in [2.05, 4.69) is 60.1 Å². The maximum Gasteiger partial charge on any atom is 0.311 e. The van der Waals surface area contributed by atoms with E-state index in [0.717, 1.165) is 39.1 Å². The summed E-state index contributed by atoms with van der Waals surface area (Å²) in [6.07, 6.45) is 7.44. The Morgan fingerprint density at radius 2 is 1.90 bits per heavy atom. The Bertz CT molecular complexity index is 783. The van der Waals surface area contributed by atoms with E-state index < -0.39 is 0 Å². The van der Waals surface area contributed by atoms with E-state index in [-0.39, 0.29) is 29.3 Å². The minimum Gasteiger partial charge on any atom is -0.461 e. The lowest BCUT2D eigenvalue weighted by atomic mass is 9.59. The summed E-state index contributed by atoms with van der Waals surface area (Å²) in [7, 11) is 0. The Balaban J connectivity index is 1.27. The van der Waals surface area contributed by atoms with Crippen LogP contribution in [0.1, 0.15) is 39.5 Å². The van der Waals surface area contributed by atoms with Crippen molar-refractivity contribution in [3.8, 4) is 0 Å². The monoisotopic (exact) mass is 394 g/mol. The molecule has 4 heteroatoms. The normalized spacial score (nSPS) is 37.5. The number of carbonyl (C=O) groups is 1. The molecule has 156 valence electrons. The summed E-state index contributed by atoms with van der Waals surface area (Å²) >= 11 is 0. The Labute approximate surface area is 174 Å². The van der Waals surface area contributed by atoms with E-state index in [1.165, 1.54) is 24.9 Å². The van der Waals surface area contributed by atoms with E-state index in [4.69, 9.17) is 4.74 Å². The summed E-state index contributed by atoms with van der Waals surface area (Å²) in [6, 6.07) is 10.6. The second-order valence-corrected chi connectivity index (χ2v) is 9.96. The standard InChI is InChI=1S/C25H34N2O2/c1-18-7-6-10-25(2)16-23-20(15-22(18)25)21(24(28)29-23)17-26-11-13-27(14-12-26)19-8-4-3-5-9-19/h3-5,8-9,15,18,20-21,23H,6-7,10-14,16-17H2,1-2H3/t18-,20+,21+,23+,25+/m0/s1. The van der Waals surface area contributed by atoms with Crippen LogP contribution in [-0.2, 0) is 9.53 Å². The van der Waals surface area contributed by atoms with Gasteiger partial charge < -0.3 is 9.64 Å². The highest BCUT2D eigenvalue weighted by Gasteiger charge is 2.52. The average Bonchev–Trinajstić information content (AvgIpc) is 3.01. The van der Waals surface area contributed by atoms with Gasteiger partial charge in [-0.15, -0.1) is 0 Å². The Morgan fingerprint density at radius 3 is 2.66 bits per heavy atom. The van der Waals surface area contributed by atoms with E-state index in [9.17, 15) is 4.79 Å². The highest BCUT2D eigenvalue weighted by molar-refractivity contribution is 5.76. The van der Waals surface area contributed by atoms with Gasteiger partial charge in [0.25, 0.3) is 0 Å². The summed E-state index contributed by atoms with van der Waals surface area (Å²) in [5, 5.41) is 0. The van der Waals surface area contributed by atoms with Crippen LogP contribution >= 0.6 is 0 Å². The molecule has 4 nitrogen and oxygen atoms in total. The number of carbonyl (C=O) groups excluding carboxylic acids is 1. The van der Waals surface area contributed by atoms with Crippen molar-refractivity contribution >= 4 is 11.7 Å². The van der Waals surface area contributed by atoms with Crippen LogP contribution in [0.2, 0.25) is 0 Å². The second-order valence-electron chi connectivity index (χ2n) is 9.96. The Morgan fingerprint density at radius 1 is 1.14 bits per heavy atom. The van der Waals surface area contributed by atoms with Crippen molar-refractivity contribution in [2.45, 2.75) is 45.6 Å². The smallest absolute Gasteiger partial charge is 0.311 e. The van der Waals surface area contributed by atoms with Crippen LogP contribution in [0.4, 0.5) is 5.69 Å². The largest absolute Gasteiger partial charge is 0.461 e. The van der Waals surface area contributed by atoms with Crippen LogP contribution in [0.25, 0.3) is 0 Å². The molecule has 2 saturated heterocycles. The molecule has 3 fully saturated rings. The number of fused-ring (bicyclic) bond motifs is 2. The predicted octanol–water partition coefficient (Wildman–Crippen LogP) is 4.12. The number of ether oxygens (including phenoxy) is 1. The predicted molar refractivity (Wildman–Crippen MR) is 116 cm³/mol. The number of nitrogens with zero attached hydrogens (tertiary/aromatic N) is 2. The number of para-hydroxylation sites is 1. The first-order valence-corrected chi connectivity index (χ1v) is 11.5. The van der Waals surface area contributed by atoms with Crippen LogP contribution < -0.4 is 4.90 Å². The fourth-order valence-corrected chi connectivity index (χ4v) is 6.36. The zero-order valence-electron chi connectivity index (χ0n) is 17.8. The molecule has 2 aliphatic carbocycles. The molecule has 1 aromatic carbocycles. The molecule has 1 saturated carbocycles. The fraction of sp³-hybridized carbons (Fsp3) is 0.640. The van der Waals surface area contributed by atoms with Gasteiger partial charge in [0.15, 0.2) is 0 Å². The molecule has 2 aliphatic heterocycles. The molecular formula is C25H34N2O2. The van der Waals surface area contributed by atoms with Crippen LogP contribution in [-0.4, -0.2) is 49.7 Å². The van der Waals surface area contributed by atoms with Gasteiger partial charge in [-0.3, -0.25) is 9.69 Å². The molecule has 0 unspecified atom stereocenters. The average molecular weight is 395 g/mol. The highest BCUT2D eigenvalue weighted by atomic mass is 16.6. The van der Waals surface area contributed by atoms with Crippen molar-refractivity contribution in [2.75, 3.05) is 37.6 Å². The molecule has 0 N–H and O–H groups in total. The number of anilines is 1. The van der Waals surface area contributed by atoms with Crippen molar-refractivity contribution in [1.29, 1.82) is 0 Å². The van der Waals surface area contributed by atoms with E-state index in [1.807, 2.05) is 0 Å².